The fourth-order valence-corrected chi connectivity index (χ4v) is 2.57. The number of hydrogen-bond donors (Lipinski definition) is 1. The molecular weight excluding hydrogens is 288 g/mol. The highest BCUT2D eigenvalue weighted by Crippen LogP contribution is 2.19. The van der Waals surface area contributed by atoms with Crippen LogP contribution in [0.2, 0.25) is 0 Å². The van der Waals surface area contributed by atoms with Crippen molar-refractivity contribution >= 4 is 17.0 Å². The fourth-order valence-electron chi connectivity index (χ4n) is 2.57. The van der Waals surface area contributed by atoms with E-state index in [-0.39, 0.29) is 6.04 Å². The van der Waals surface area contributed by atoms with E-state index >= 15 is 0 Å². The second-order valence-corrected chi connectivity index (χ2v) is 5.30. The lowest BCUT2D eigenvalue weighted by atomic mass is 10.0. The lowest BCUT2D eigenvalue weighted by Crippen LogP contribution is -2.29. The van der Waals surface area contributed by atoms with Crippen molar-refractivity contribution in [1.82, 2.24) is 10.3 Å². The number of carbonyl (C=O) groups excluding carboxylic acids is 1. The first kappa shape index (κ1) is 15.0. The number of nitrogens with one attached hydrogen (secondary N) is 1. The summed E-state index contributed by atoms with van der Waals surface area (Å²) in [6, 6.07) is 21.7. The van der Waals surface area contributed by atoms with Gasteiger partial charge >= 0.3 is 6.09 Å². The molecule has 0 saturated heterocycles. The van der Waals surface area contributed by atoms with Crippen LogP contribution in [0.1, 0.15) is 17.3 Å². The van der Waals surface area contributed by atoms with E-state index in [0.29, 0.717) is 6.42 Å². The molecule has 116 valence electrons. The van der Waals surface area contributed by atoms with E-state index in [2.05, 4.69) is 16.4 Å². The summed E-state index contributed by atoms with van der Waals surface area (Å²) >= 11 is 0. The number of nitrogens with zero attached hydrogens (tertiary/aromatic N) is 1. The molecule has 1 amide bonds. The molecule has 4 nitrogen and oxygen atoms in total. The summed E-state index contributed by atoms with van der Waals surface area (Å²) in [5.74, 6) is 0. The van der Waals surface area contributed by atoms with Gasteiger partial charge in [0.25, 0.3) is 0 Å². The number of hydrogen-bond acceptors (Lipinski definition) is 3. The lowest BCUT2D eigenvalue weighted by molar-refractivity contribution is 0.166. The summed E-state index contributed by atoms with van der Waals surface area (Å²) in [6.07, 6.45) is 0.156. The number of carbonyl (C=O) groups is 1. The van der Waals surface area contributed by atoms with Gasteiger partial charge < -0.3 is 10.1 Å². The molecule has 2 aromatic carbocycles. The Hall–Kier alpha value is -2.88. The summed E-state index contributed by atoms with van der Waals surface area (Å²) in [7, 11) is 1.37. The molecule has 0 spiro atoms. The molecule has 1 unspecified atom stereocenters. The highest BCUT2D eigenvalue weighted by atomic mass is 16.5. The van der Waals surface area contributed by atoms with E-state index in [4.69, 9.17) is 4.74 Å². The Bertz CT molecular complexity index is 803. The summed E-state index contributed by atoms with van der Waals surface area (Å²) < 4.78 is 4.74. The Morgan fingerprint density at radius 3 is 2.57 bits per heavy atom. The molecule has 3 rings (SSSR count). The molecule has 0 aliphatic carbocycles. The van der Waals surface area contributed by atoms with Crippen molar-refractivity contribution in [2.45, 2.75) is 12.5 Å². The SMILES string of the molecule is COC(=O)NC(Cc1ccc2ccccc2n1)c1ccccc1. The van der Waals surface area contributed by atoms with Crippen LogP contribution in [0, 0.1) is 0 Å². The molecule has 23 heavy (non-hydrogen) atoms. The molecule has 1 aromatic heterocycles. The number of benzene rings is 2. The Morgan fingerprint density at radius 1 is 1.04 bits per heavy atom. The predicted molar refractivity (Wildman–Crippen MR) is 90.2 cm³/mol. The minimum Gasteiger partial charge on any atom is -0.453 e. The average Bonchev–Trinajstić information content (AvgIpc) is 2.61. The van der Waals surface area contributed by atoms with Gasteiger partial charge in [-0.1, -0.05) is 54.6 Å². The number of fused-ring (bicyclic) bond motifs is 1. The zero-order valence-corrected chi connectivity index (χ0v) is 12.9. The van der Waals surface area contributed by atoms with Gasteiger partial charge in [-0.05, 0) is 17.7 Å². The van der Waals surface area contributed by atoms with E-state index in [0.717, 1.165) is 22.2 Å². The molecule has 0 fully saturated rings. The smallest absolute Gasteiger partial charge is 0.407 e. The number of ether oxygens (including phenoxy) is 1. The van der Waals surface area contributed by atoms with Crippen molar-refractivity contribution in [3.63, 3.8) is 0 Å². The molecular formula is C19H18N2O2. The van der Waals surface area contributed by atoms with Gasteiger partial charge in [0.15, 0.2) is 0 Å². The molecule has 0 radical (unpaired) electrons. The van der Waals surface area contributed by atoms with Crippen LogP contribution in [-0.2, 0) is 11.2 Å². The van der Waals surface area contributed by atoms with Crippen LogP contribution in [0.4, 0.5) is 4.79 Å². The van der Waals surface area contributed by atoms with E-state index in [1.165, 1.54) is 7.11 Å². The first-order valence-electron chi connectivity index (χ1n) is 7.50. The molecule has 1 heterocycles. The van der Waals surface area contributed by atoms with Crippen LogP contribution in [0.15, 0.2) is 66.7 Å². The van der Waals surface area contributed by atoms with Crippen molar-refractivity contribution < 1.29 is 9.53 Å². The predicted octanol–water partition coefficient (Wildman–Crippen LogP) is 3.87. The average molecular weight is 306 g/mol. The van der Waals surface area contributed by atoms with E-state index in [1.807, 2.05) is 60.7 Å². The van der Waals surface area contributed by atoms with E-state index in [9.17, 15) is 4.79 Å². The van der Waals surface area contributed by atoms with Gasteiger partial charge in [0.1, 0.15) is 0 Å². The Labute approximate surface area is 135 Å². The normalized spacial score (nSPS) is 11.9. The zero-order chi connectivity index (χ0) is 16.1. The third-order valence-corrected chi connectivity index (χ3v) is 3.75. The minimum absolute atomic E-state index is 0.183. The highest BCUT2D eigenvalue weighted by molar-refractivity contribution is 5.78. The van der Waals surface area contributed by atoms with Gasteiger partial charge in [-0.15, -0.1) is 0 Å². The number of methoxy groups -OCH3 is 1. The molecule has 0 aliphatic heterocycles. The second kappa shape index (κ2) is 6.92. The van der Waals surface area contributed by atoms with Crippen molar-refractivity contribution in [2.75, 3.05) is 7.11 Å². The van der Waals surface area contributed by atoms with Gasteiger partial charge in [-0.3, -0.25) is 4.98 Å². The molecule has 1 N–H and O–H groups in total. The fraction of sp³-hybridized carbons (Fsp3) is 0.158. The van der Waals surface area contributed by atoms with Crippen LogP contribution in [0.3, 0.4) is 0 Å². The number of rotatable bonds is 4. The Balaban J connectivity index is 1.88. The van der Waals surface area contributed by atoms with Crippen LogP contribution < -0.4 is 5.32 Å². The van der Waals surface area contributed by atoms with Gasteiger partial charge in [-0.2, -0.15) is 0 Å². The summed E-state index contributed by atoms with van der Waals surface area (Å²) in [4.78, 5) is 16.3. The number of aromatic nitrogens is 1. The third kappa shape index (κ3) is 3.66. The molecule has 3 aromatic rings. The molecule has 4 heteroatoms. The maximum atomic E-state index is 11.6. The van der Waals surface area contributed by atoms with E-state index in [1.54, 1.807) is 0 Å². The van der Waals surface area contributed by atoms with Crippen molar-refractivity contribution in [2.24, 2.45) is 0 Å². The summed E-state index contributed by atoms with van der Waals surface area (Å²) in [5, 5.41) is 3.98. The van der Waals surface area contributed by atoms with Crippen LogP contribution in [0.25, 0.3) is 10.9 Å². The minimum atomic E-state index is -0.445. The Kier molecular flexibility index (Phi) is 4.52. The first-order chi connectivity index (χ1) is 11.3. The highest BCUT2D eigenvalue weighted by Gasteiger charge is 2.16. The summed E-state index contributed by atoms with van der Waals surface area (Å²) in [5.41, 5.74) is 2.90. The number of pyridine rings is 1. The molecule has 0 aliphatic rings. The van der Waals surface area contributed by atoms with Crippen molar-refractivity contribution in [3.05, 3.63) is 78.0 Å². The maximum absolute atomic E-state index is 11.6. The third-order valence-electron chi connectivity index (χ3n) is 3.75. The monoisotopic (exact) mass is 306 g/mol. The van der Waals surface area contributed by atoms with Crippen molar-refractivity contribution in [3.8, 4) is 0 Å². The second-order valence-electron chi connectivity index (χ2n) is 5.30. The number of alkyl carbamates (subject to hydrolysis) is 1. The number of para-hydroxylation sites is 1. The topological polar surface area (TPSA) is 51.2 Å². The van der Waals surface area contributed by atoms with Gasteiger partial charge in [0.05, 0.1) is 18.7 Å². The first-order valence-corrected chi connectivity index (χ1v) is 7.50. The van der Waals surface area contributed by atoms with E-state index < -0.39 is 6.09 Å². The standard InChI is InChI=1S/C19H18N2O2/c1-23-19(22)21-18(14-7-3-2-4-8-14)13-16-12-11-15-9-5-6-10-17(15)20-16/h2-12,18H,13H2,1H3,(H,21,22). The van der Waals surface area contributed by atoms with Gasteiger partial charge in [-0.25, -0.2) is 4.79 Å². The molecule has 0 saturated carbocycles. The Morgan fingerprint density at radius 2 is 1.78 bits per heavy atom. The van der Waals surface area contributed by atoms with Crippen molar-refractivity contribution in [1.29, 1.82) is 0 Å². The zero-order valence-electron chi connectivity index (χ0n) is 12.9. The number of amides is 1. The van der Waals surface area contributed by atoms with Crippen LogP contribution in [-0.4, -0.2) is 18.2 Å². The van der Waals surface area contributed by atoms with Gasteiger partial charge in [0.2, 0.25) is 0 Å². The lowest BCUT2D eigenvalue weighted by Gasteiger charge is -2.18. The van der Waals surface area contributed by atoms with Crippen LogP contribution in [0.5, 0.6) is 0 Å². The quantitative estimate of drug-likeness (QED) is 0.796. The molecule has 1 atom stereocenters. The van der Waals surface area contributed by atoms with Gasteiger partial charge in [0, 0.05) is 17.5 Å². The summed E-state index contributed by atoms with van der Waals surface area (Å²) in [6.45, 7) is 0. The maximum Gasteiger partial charge on any atom is 0.407 e. The van der Waals surface area contributed by atoms with Crippen LogP contribution >= 0.6 is 0 Å². The molecule has 0 bridgehead atoms. The largest absolute Gasteiger partial charge is 0.453 e.